The number of hydrogen-bond acceptors (Lipinski definition) is 1. The SMILES string of the molecule is CC(C)c1ccc(C(C)(C)C)o1. The number of rotatable bonds is 1. The van der Waals surface area contributed by atoms with Gasteiger partial charge in [0.05, 0.1) is 0 Å². The van der Waals surface area contributed by atoms with Crippen LogP contribution in [0.4, 0.5) is 0 Å². The summed E-state index contributed by atoms with van der Waals surface area (Å²) in [6.45, 7) is 10.8. The Kier molecular flexibility index (Phi) is 2.31. The molecule has 1 nitrogen and oxygen atoms in total. The first kappa shape index (κ1) is 9.37. The predicted octanol–water partition coefficient (Wildman–Crippen LogP) is 3.70. The van der Waals surface area contributed by atoms with Crippen molar-refractivity contribution in [2.24, 2.45) is 0 Å². The Morgan fingerprint density at radius 1 is 1.17 bits per heavy atom. The molecule has 1 aromatic rings. The summed E-state index contributed by atoms with van der Waals surface area (Å²) in [5.74, 6) is 2.65. The lowest BCUT2D eigenvalue weighted by molar-refractivity contribution is 0.377. The van der Waals surface area contributed by atoms with Crippen molar-refractivity contribution in [3.8, 4) is 0 Å². The van der Waals surface area contributed by atoms with Gasteiger partial charge in [-0.25, -0.2) is 0 Å². The molecule has 0 aliphatic carbocycles. The summed E-state index contributed by atoms with van der Waals surface area (Å²) in [4.78, 5) is 0. The van der Waals surface area contributed by atoms with Gasteiger partial charge in [-0.05, 0) is 12.1 Å². The van der Waals surface area contributed by atoms with E-state index in [1.807, 2.05) is 0 Å². The predicted molar refractivity (Wildman–Crippen MR) is 51.5 cm³/mol. The molecule has 0 saturated carbocycles. The summed E-state index contributed by atoms with van der Waals surface area (Å²) in [5.41, 5.74) is 0.132. The fraction of sp³-hybridized carbons (Fsp3) is 0.636. The van der Waals surface area contributed by atoms with E-state index in [1.165, 1.54) is 0 Å². The molecule has 1 aromatic heterocycles. The third-order valence-corrected chi connectivity index (χ3v) is 1.94. The van der Waals surface area contributed by atoms with Crippen LogP contribution in [-0.2, 0) is 5.41 Å². The van der Waals surface area contributed by atoms with E-state index in [9.17, 15) is 0 Å². The van der Waals surface area contributed by atoms with Crippen molar-refractivity contribution in [1.29, 1.82) is 0 Å². The van der Waals surface area contributed by atoms with Crippen molar-refractivity contribution in [1.82, 2.24) is 0 Å². The van der Waals surface area contributed by atoms with Crippen LogP contribution in [0.3, 0.4) is 0 Å². The van der Waals surface area contributed by atoms with E-state index in [1.54, 1.807) is 0 Å². The van der Waals surface area contributed by atoms with Gasteiger partial charge in [0, 0.05) is 11.3 Å². The van der Waals surface area contributed by atoms with Crippen LogP contribution in [-0.4, -0.2) is 0 Å². The van der Waals surface area contributed by atoms with Gasteiger partial charge in [-0.2, -0.15) is 0 Å². The first-order chi connectivity index (χ1) is 5.41. The van der Waals surface area contributed by atoms with Gasteiger partial charge in [-0.1, -0.05) is 34.6 Å². The van der Waals surface area contributed by atoms with Crippen molar-refractivity contribution >= 4 is 0 Å². The van der Waals surface area contributed by atoms with Gasteiger partial charge < -0.3 is 4.42 Å². The summed E-state index contributed by atoms with van der Waals surface area (Å²) in [7, 11) is 0. The van der Waals surface area contributed by atoms with Crippen molar-refractivity contribution in [2.75, 3.05) is 0 Å². The first-order valence-corrected chi connectivity index (χ1v) is 4.51. The first-order valence-electron chi connectivity index (χ1n) is 4.51. The van der Waals surface area contributed by atoms with Gasteiger partial charge >= 0.3 is 0 Å². The molecule has 0 N–H and O–H groups in total. The quantitative estimate of drug-likeness (QED) is 0.620. The van der Waals surface area contributed by atoms with Gasteiger partial charge in [0.15, 0.2) is 0 Å². The molecule has 0 aliphatic heterocycles. The smallest absolute Gasteiger partial charge is 0.109 e. The molecule has 0 aromatic carbocycles. The summed E-state index contributed by atoms with van der Waals surface area (Å²) in [5, 5.41) is 0. The van der Waals surface area contributed by atoms with Crippen LogP contribution in [0.1, 0.15) is 52.1 Å². The minimum Gasteiger partial charge on any atom is -0.465 e. The number of furan rings is 1. The molecule has 0 amide bonds. The van der Waals surface area contributed by atoms with Crippen LogP contribution in [0.5, 0.6) is 0 Å². The minimum atomic E-state index is 0.132. The monoisotopic (exact) mass is 166 g/mol. The molecule has 0 spiro atoms. The molecule has 12 heavy (non-hydrogen) atoms. The minimum absolute atomic E-state index is 0.132. The molecule has 68 valence electrons. The molecule has 1 rings (SSSR count). The van der Waals surface area contributed by atoms with E-state index in [4.69, 9.17) is 4.42 Å². The Balaban J connectivity index is 2.92. The van der Waals surface area contributed by atoms with Crippen LogP contribution in [0.2, 0.25) is 0 Å². The Morgan fingerprint density at radius 3 is 2.00 bits per heavy atom. The zero-order valence-electron chi connectivity index (χ0n) is 8.64. The van der Waals surface area contributed by atoms with E-state index >= 15 is 0 Å². The highest BCUT2D eigenvalue weighted by atomic mass is 16.3. The van der Waals surface area contributed by atoms with E-state index in [2.05, 4.69) is 46.8 Å². The molecule has 0 fully saturated rings. The van der Waals surface area contributed by atoms with E-state index in [-0.39, 0.29) is 5.41 Å². The lowest BCUT2D eigenvalue weighted by atomic mass is 9.94. The van der Waals surface area contributed by atoms with Crippen LogP contribution in [0, 0.1) is 0 Å². The van der Waals surface area contributed by atoms with Crippen molar-refractivity contribution in [3.05, 3.63) is 23.7 Å². The molecule has 0 atom stereocenters. The van der Waals surface area contributed by atoms with Gasteiger partial charge in [-0.15, -0.1) is 0 Å². The maximum absolute atomic E-state index is 5.71. The summed E-state index contributed by atoms with van der Waals surface area (Å²) in [6, 6.07) is 4.15. The molecular weight excluding hydrogens is 148 g/mol. The molecule has 0 aliphatic rings. The lowest BCUT2D eigenvalue weighted by Gasteiger charge is -2.14. The lowest BCUT2D eigenvalue weighted by Crippen LogP contribution is -2.09. The van der Waals surface area contributed by atoms with Crippen LogP contribution >= 0.6 is 0 Å². The maximum atomic E-state index is 5.71. The zero-order valence-corrected chi connectivity index (χ0v) is 8.64. The Hall–Kier alpha value is -0.720. The molecule has 0 radical (unpaired) electrons. The standard InChI is InChI=1S/C11H18O/c1-8(2)9-6-7-10(12-9)11(3,4)5/h6-8H,1-5H3. The molecule has 0 saturated heterocycles. The molecular formula is C11H18O. The zero-order chi connectivity index (χ0) is 9.35. The molecule has 1 heterocycles. The average molecular weight is 166 g/mol. The fourth-order valence-electron chi connectivity index (χ4n) is 1.07. The fourth-order valence-corrected chi connectivity index (χ4v) is 1.07. The summed E-state index contributed by atoms with van der Waals surface area (Å²) in [6.07, 6.45) is 0. The highest BCUT2D eigenvalue weighted by Gasteiger charge is 2.18. The van der Waals surface area contributed by atoms with E-state index in [0.29, 0.717) is 5.92 Å². The highest BCUT2D eigenvalue weighted by Crippen LogP contribution is 2.27. The van der Waals surface area contributed by atoms with Gasteiger partial charge in [0.25, 0.3) is 0 Å². The molecule has 0 unspecified atom stereocenters. The van der Waals surface area contributed by atoms with Gasteiger partial charge in [-0.3, -0.25) is 0 Å². The average Bonchev–Trinajstić information content (AvgIpc) is 2.30. The van der Waals surface area contributed by atoms with Crippen LogP contribution in [0.15, 0.2) is 16.5 Å². The third-order valence-electron chi connectivity index (χ3n) is 1.94. The third kappa shape index (κ3) is 1.90. The Morgan fingerprint density at radius 2 is 1.75 bits per heavy atom. The van der Waals surface area contributed by atoms with E-state index in [0.717, 1.165) is 11.5 Å². The van der Waals surface area contributed by atoms with E-state index < -0.39 is 0 Å². The Labute approximate surface area is 74.8 Å². The second-order valence-corrected chi connectivity index (χ2v) is 4.61. The molecule has 0 bridgehead atoms. The van der Waals surface area contributed by atoms with Crippen molar-refractivity contribution < 1.29 is 4.42 Å². The largest absolute Gasteiger partial charge is 0.465 e. The highest BCUT2D eigenvalue weighted by molar-refractivity contribution is 5.15. The number of hydrogen-bond donors (Lipinski definition) is 0. The topological polar surface area (TPSA) is 13.1 Å². The maximum Gasteiger partial charge on any atom is 0.109 e. The normalized spacial score (nSPS) is 12.5. The van der Waals surface area contributed by atoms with Crippen LogP contribution < -0.4 is 0 Å². The summed E-state index contributed by atoms with van der Waals surface area (Å²) >= 11 is 0. The summed E-state index contributed by atoms with van der Waals surface area (Å²) < 4.78 is 5.71. The van der Waals surface area contributed by atoms with Crippen molar-refractivity contribution in [3.63, 3.8) is 0 Å². The second kappa shape index (κ2) is 2.96. The Bertz CT molecular complexity index is 250. The van der Waals surface area contributed by atoms with Gasteiger partial charge in [0.2, 0.25) is 0 Å². The molecule has 1 heteroatoms. The second-order valence-electron chi connectivity index (χ2n) is 4.61. The van der Waals surface area contributed by atoms with Crippen molar-refractivity contribution in [2.45, 2.75) is 46.0 Å². The van der Waals surface area contributed by atoms with Crippen LogP contribution in [0.25, 0.3) is 0 Å². The van der Waals surface area contributed by atoms with Gasteiger partial charge in [0.1, 0.15) is 11.5 Å².